The van der Waals surface area contributed by atoms with Crippen LogP contribution < -0.4 is 10.1 Å². The van der Waals surface area contributed by atoms with Crippen molar-refractivity contribution in [3.63, 3.8) is 0 Å². The molecule has 0 atom stereocenters. The van der Waals surface area contributed by atoms with Crippen LogP contribution in [0.25, 0.3) is 11.1 Å². The van der Waals surface area contributed by atoms with Crippen molar-refractivity contribution in [3.05, 3.63) is 77.1 Å². The van der Waals surface area contributed by atoms with Crippen molar-refractivity contribution in [2.24, 2.45) is 0 Å². The summed E-state index contributed by atoms with van der Waals surface area (Å²) in [5.41, 5.74) is 5.93. The molecule has 2 aromatic carbocycles. The fourth-order valence-corrected chi connectivity index (χ4v) is 3.32. The second-order valence-electron chi connectivity index (χ2n) is 6.72. The number of nitrogens with one attached hydrogen (secondary N) is 1. The summed E-state index contributed by atoms with van der Waals surface area (Å²) in [4.78, 5) is 2.40. The van der Waals surface area contributed by atoms with E-state index in [0.717, 1.165) is 41.5 Å². The number of hydrogen-bond donors (Lipinski definition) is 1. The van der Waals surface area contributed by atoms with Crippen molar-refractivity contribution in [2.75, 3.05) is 19.7 Å². The molecule has 1 aliphatic rings. The Morgan fingerprint density at radius 1 is 1.23 bits per heavy atom. The van der Waals surface area contributed by atoms with Crippen LogP contribution in [0.15, 0.2) is 66.5 Å². The molecule has 0 aliphatic carbocycles. The topological polar surface area (TPSA) is 24.5 Å². The number of fused-ring (bicyclic) bond motifs is 1. The largest absolute Gasteiger partial charge is 0.492 e. The van der Waals surface area contributed by atoms with Gasteiger partial charge in [-0.25, -0.2) is 0 Å². The lowest BCUT2D eigenvalue weighted by atomic mass is 10.0. The van der Waals surface area contributed by atoms with Gasteiger partial charge in [-0.15, -0.1) is 0 Å². The summed E-state index contributed by atoms with van der Waals surface area (Å²) in [5.74, 6) is 0.966. The van der Waals surface area contributed by atoms with Crippen molar-refractivity contribution >= 4 is 11.6 Å². The standard InChI is InChI=1S/C22H25ClN2O/c1-4-24-21(16(2)3)15-25-10-11-26-22-9-8-18(12-19(22)14-25)17-6-5-7-20(23)13-17/h4-9,12-13,24H,1,10-11,14-15H2,2-3H3. The van der Waals surface area contributed by atoms with Gasteiger partial charge in [-0.2, -0.15) is 0 Å². The minimum atomic E-state index is 0.688. The summed E-state index contributed by atoms with van der Waals surface area (Å²) in [7, 11) is 0. The molecule has 1 N–H and O–H groups in total. The van der Waals surface area contributed by atoms with Crippen LogP contribution in [0, 0.1) is 0 Å². The Hall–Kier alpha value is -2.23. The Labute approximate surface area is 160 Å². The highest BCUT2D eigenvalue weighted by Gasteiger charge is 2.17. The third-order valence-electron chi connectivity index (χ3n) is 4.54. The summed E-state index contributed by atoms with van der Waals surface area (Å²) < 4.78 is 5.97. The maximum atomic E-state index is 6.15. The van der Waals surface area contributed by atoms with E-state index in [-0.39, 0.29) is 0 Å². The van der Waals surface area contributed by atoms with Crippen molar-refractivity contribution < 1.29 is 4.74 Å². The van der Waals surface area contributed by atoms with E-state index in [1.807, 2.05) is 18.2 Å². The number of benzene rings is 2. The first-order valence-electron chi connectivity index (χ1n) is 8.84. The van der Waals surface area contributed by atoms with E-state index in [4.69, 9.17) is 16.3 Å². The molecule has 0 bridgehead atoms. The molecule has 26 heavy (non-hydrogen) atoms. The second kappa shape index (κ2) is 8.43. The maximum absolute atomic E-state index is 6.15. The van der Waals surface area contributed by atoms with E-state index in [0.29, 0.717) is 6.61 Å². The number of nitrogens with zero attached hydrogens (tertiary/aromatic N) is 1. The van der Waals surface area contributed by atoms with Gasteiger partial charge in [0.15, 0.2) is 0 Å². The minimum Gasteiger partial charge on any atom is -0.492 e. The van der Waals surface area contributed by atoms with E-state index in [9.17, 15) is 0 Å². The molecule has 0 fully saturated rings. The quantitative estimate of drug-likeness (QED) is 0.782. The van der Waals surface area contributed by atoms with Crippen LogP contribution in [0.4, 0.5) is 0 Å². The van der Waals surface area contributed by atoms with Gasteiger partial charge in [0.1, 0.15) is 12.4 Å². The number of rotatable bonds is 5. The molecule has 0 aromatic heterocycles. The van der Waals surface area contributed by atoms with Crippen LogP contribution in [0.2, 0.25) is 5.02 Å². The van der Waals surface area contributed by atoms with E-state index in [1.165, 1.54) is 16.8 Å². The monoisotopic (exact) mass is 368 g/mol. The molecule has 4 heteroatoms. The molecule has 3 rings (SSSR count). The van der Waals surface area contributed by atoms with Crippen molar-refractivity contribution in [3.8, 4) is 16.9 Å². The second-order valence-corrected chi connectivity index (χ2v) is 7.16. The summed E-state index contributed by atoms with van der Waals surface area (Å²) in [6, 6.07) is 14.3. The van der Waals surface area contributed by atoms with E-state index >= 15 is 0 Å². The average Bonchev–Trinajstić information content (AvgIpc) is 2.82. The lowest BCUT2D eigenvalue weighted by Crippen LogP contribution is -2.31. The van der Waals surface area contributed by atoms with Crippen LogP contribution in [0.5, 0.6) is 5.75 Å². The number of halogens is 1. The first-order valence-corrected chi connectivity index (χ1v) is 9.22. The van der Waals surface area contributed by atoms with Gasteiger partial charge in [0, 0.05) is 35.9 Å². The predicted octanol–water partition coefficient (Wildman–Crippen LogP) is 5.23. The molecule has 0 saturated carbocycles. The number of hydrogen-bond acceptors (Lipinski definition) is 3. The van der Waals surface area contributed by atoms with Crippen LogP contribution in [-0.2, 0) is 6.54 Å². The number of allylic oxidation sites excluding steroid dienone is 1. The number of ether oxygens (including phenoxy) is 1. The Kier molecular flexibility index (Phi) is 6.02. The minimum absolute atomic E-state index is 0.688. The summed E-state index contributed by atoms with van der Waals surface area (Å²) in [6.45, 7) is 11.3. The van der Waals surface area contributed by atoms with Gasteiger partial charge < -0.3 is 10.1 Å². The summed E-state index contributed by atoms with van der Waals surface area (Å²) >= 11 is 6.15. The van der Waals surface area contributed by atoms with Gasteiger partial charge in [0.2, 0.25) is 0 Å². The molecule has 0 amide bonds. The highest BCUT2D eigenvalue weighted by molar-refractivity contribution is 6.30. The normalized spacial score (nSPS) is 14.0. The average molecular weight is 369 g/mol. The zero-order chi connectivity index (χ0) is 18.5. The first-order chi connectivity index (χ1) is 12.6. The Bertz CT molecular complexity index is 825. The Morgan fingerprint density at radius 2 is 2.04 bits per heavy atom. The predicted molar refractivity (Wildman–Crippen MR) is 109 cm³/mol. The molecule has 136 valence electrons. The molecule has 2 aromatic rings. The lowest BCUT2D eigenvalue weighted by molar-refractivity contribution is 0.237. The van der Waals surface area contributed by atoms with E-state index in [1.54, 1.807) is 6.20 Å². The van der Waals surface area contributed by atoms with Gasteiger partial charge >= 0.3 is 0 Å². The summed E-state index contributed by atoms with van der Waals surface area (Å²) in [6.07, 6.45) is 1.74. The zero-order valence-electron chi connectivity index (χ0n) is 15.4. The Balaban J connectivity index is 1.85. The fraction of sp³-hybridized carbons (Fsp3) is 0.273. The van der Waals surface area contributed by atoms with Crippen LogP contribution in [-0.4, -0.2) is 24.6 Å². The Morgan fingerprint density at radius 3 is 2.77 bits per heavy atom. The van der Waals surface area contributed by atoms with E-state index < -0.39 is 0 Å². The summed E-state index contributed by atoms with van der Waals surface area (Å²) in [5, 5.41) is 4.01. The smallest absolute Gasteiger partial charge is 0.123 e. The van der Waals surface area contributed by atoms with Crippen LogP contribution in [0.3, 0.4) is 0 Å². The molecule has 0 radical (unpaired) electrons. The molecule has 1 heterocycles. The third-order valence-corrected chi connectivity index (χ3v) is 4.77. The highest BCUT2D eigenvalue weighted by atomic mass is 35.5. The molecular weight excluding hydrogens is 344 g/mol. The molecule has 0 unspecified atom stereocenters. The fourth-order valence-electron chi connectivity index (χ4n) is 3.13. The maximum Gasteiger partial charge on any atom is 0.123 e. The van der Waals surface area contributed by atoms with E-state index in [2.05, 4.69) is 54.9 Å². The molecule has 0 spiro atoms. The van der Waals surface area contributed by atoms with Gasteiger partial charge in [-0.3, -0.25) is 4.90 Å². The SMILES string of the molecule is C=CNC(CN1CCOc2ccc(-c3cccc(Cl)c3)cc2C1)=C(C)C. The van der Waals surface area contributed by atoms with Gasteiger partial charge in [0.05, 0.1) is 0 Å². The highest BCUT2D eigenvalue weighted by Crippen LogP contribution is 2.30. The lowest BCUT2D eigenvalue weighted by Gasteiger charge is -2.22. The van der Waals surface area contributed by atoms with Crippen molar-refractivity contribution in [1.82, 2.24) is 10.2 Å². The van der Waals surface area contributed by atoms with Gasteiger partial charge in [-0.1, -0.05) is 42.0 Å². The van der Waals surface area contributed by atoms with Gasteiger partial charge in [-0.05, 0) is 55.4 Å². The molecular formula is C22H25ClN2O. The van der Waals surface area contributed by atoms with Gasteiger partial charge in [0.25, 0.3) is 0 Å². The van der Waals surface area contributed by atoms with Crippen LogP contribution >= 0.6 is 11.6 Å². The van der Waals surface area contributed by atoms with Crippen LogP contribution in [0.1, 0.15) is 19.4 Å². The molecule has 1 aliphatic heterocycles. The molecule has 3 nitrogen and oxygen atoms in total. The van der Waals surface area contributed by atoms with Crippen molar-refractivity contribution in [1.29, 1.82) is 0 Å². The molecule has 0 saturated heterocycles. The third kappa shape index (κ3) is 4.48. The first kappa shape index (κ1) is 18.6. The van der Waals surface area contributed by atoms with Crippen molar-refractivity contribution in [2.45, 2.75) is 20.4 Å². The zero-order valence-corrected chi connectivity index (χ0v) is 16.1.